The molecule has 1 aromatic heterocycles. The topological polar surface area (TPSA) is 37.8 Å². The van der Waals surface area contributed by atoms with Gasteiger partial charge < -0.3 is 5.32 Å². The van der Waals surface area contributed by atoms with Crippen LogP contribution in [0.2, 0.25) is 0 Å². The molecule has 1 aliphatic rings. The van der Waals surface area contributed by atoms with Crippen molar-refractivity contribution in [2.24, 2.45) is 11.8 Å². The minimum Gasteiger partial charge on any atom is -0.307 e. The zero-order valence-corrected chi connectivity index (χ0v) is 12.5. The van der Waals surface area contributed by atoms with Gasteiger partial charge in [0, 0.05) is 12.4 Å². The first-order valence-corrected chi connectivity index (χ1v) is 7.76. The van der Waals surface area contributed by atoms with Crippen molar-refractivity contribution in [3.05, 3.63) is 23.8 Å². The highest BCUT2D eigenvalue weighted by atomic mass is 15.0. The molecule has 1 atom stereocenters. The average Bonchev–Trinajstić information content (AvgIpc) is 2.46. The summed E-state index contributed by atoms with van der Waals surface area (Å²) in [6.07, 6.45) is 10.6. The van der Waals surface area contributed by atoms with Gasteiger partial charge in [-0.2, -0.15) is 0 Å². The molecule has 0 radical (unpaired) electrons. The fourth-order valence-corrected chi connectivity index (χ4v) is 3.18. The Kier molecular flexibility index (Phi) is 5.32. The highest BCUT2D eigenvalue weighted by molar-refractivity contribution is 5.06. The Hall–Kier alpha value is -0.960. The summed E-state index contributed by atoms with van der Waals surface area (Å²) in [6, 6.07) is 0.336. The highest BCUT2D eigenvalue weighted by Gasteiger charge is 2.29. The van der Waals surface area contributed by atoms with Crippen LogP contribution in [0.3, 0.4) is 0 Å². The first-order chi connectivity index (χ1) is 9.24. The SMILES string of the molecule is CCNC(c1ncc(C)cn1)C1CCC(CC)CC1. The van der Waals surface area contributed by atoms with Gasteiger partial charge in [-0.1, -0.05) is 33.1 Å². The van der Waals surface area contributed by atoms with Crippen molar-refractivity contribution < 1.29 is 0 Å². The van der Waals surface area contributed by atoms with Crippen LogP contribution in [0.25, 0.3) is 0 Å². The first kappa shape index (κ1) is 14.4. The van der Waals surface area contributed by atoms with E-state index in [1.54, 1.807) is 0 Å². The van der Waals surface area contributed by atoms with E-state index >= 15 is 0 Å². The molecule has 2 rings (SSSR count). The Morgan fingerprint density at radius 1 is 1.16 bits per heavy atom. The lowest BCUT2D eigenvalue weighted by Crippen LogP contribution is -2.32. The number of nitrogens with zero attached hydrogens (tertiary/aromatic N) is 2. The number of aryl methyl sites for hydroxylation is 1. The molecule has 19 heavy (non-hydrogen) atoms. The van der Waals surface area contributed by atoms with Gasteiger partial charge in [0.15, 0.2) is 0 Å². The second kappa shape index (κ2) is 6.99. The quantitative estimate of drug-likeness (QED) is 0.879. The molecule has 1 fully saturated rings. The summed E-state index contributed by atoms with van der Waals surface area (Å²) in [4.78, 5) is 9.08. The van der Waals surface area contributed by atoms with Gasteiger partial charge in [-0.05, 0) is 43.7 Å². The number of rotatable bonds is 5. The fraction of sp³-hybridized carbons (Fsp3) is 0.750. The van der Waals surface area contributed by atoms with Crippen molar-refractivity contribution in [3.8, 4) is 0 Å². The zero-order chi connectivity index (χ0) is 13.7. The molecule has 3 nitrogen and oxygen atoms in total. The predicted octanol–water partition coefficient (Wildman–Crippen LogP) is 3.65. The number of hydrogen-bond acceptors (Lipinski definition) is 3. The van der Waals surface area contributed by atoms with Gasteiger partial charge in [0.25, 0.3) is 0 Å². The van der Waals surface area contributed by atoms with Crippen molar-refractivity contribution in [2.75, 3.05) is 6.54 Å². The molecule has 3 heteroatoms. The monoisotopic (exact) mass is 261 g/mol. The molecule has 1 unspecified atom stereocenters. The minimum atomic E-state index is 0.336. The van der Waals surface area contributed by atoms with Crippen molar-refractivity contribution in [1.29, 1.82) is 0 Å². The normalized spacial score (nSPS) is 25.2. The largest absolute Gasteiger partial charge is 0.307 e. The van der Waals surface area contributed by atoms with Crippen LogP contribution >= 0.6 is 0 Å². The lowest BCUT2D eigenvalue weighted by molar-refractivity contribution is 0.215. The predicted molar refractivity (Wildman–Crippen MR) is 78.9 cm³/mol. The summed E-state index contributed by atoms with van der Waals surface area (Å²) in [5.74, 6) is 2.62. The molecule has 1 heterocycles. The van der Waals surface area contributed by atoms with Crippen LogP contribution in [0.1, 0.15) is 63.4 Å². The number of aromatic nitrogens is 2. The summed E-state index contributed by atoms with van der Waals surface area (Å²) in [6.45, 7) is 7.50. The summed E-state index contributed by atoms with van der Waals surface area (Å²) < 4.78 is 0. The minimum absolute atomic E-state index is 0.336. The van der Waals surface area contributed by atoms with Crippen LogP contribution in [-0.4, -0.2) is 16.5 Å². The molecule has 0 spiro atoms. The Morgan fingerprint density at radius 2 is 1.79 bits per heavy atom. The third-order valence-electron chi connectivity index (χ3n) is 4.44. The van der Waals surface area contributed by atoms with E-state index in [-0.39, 0.29) is 0 Å². The Morgan fingerprint density at radius 3 is 2.32 bits per heavy atom. The van der Waals surface area contributed by atoms with Gasteiger partial charge in [0.05, 0.1) is 6.04 Å². The van der Waals surface area contributed by atoms with Crippen molar-refractivity contribution in [2.45, 2.75) is 58.9 Å². The fourth-order valence-electron chi connectivity index (χ4n) is 3.18. The molecule has 106 valence electrons. The van der Waals surface area contributed by atoms with Crippen molar-refractivity contribution >= 4 is 0 Å². The van der Waals surface area contributed by atoms with Crippen LogP contribution in [-0.2, 0) is 0 Å². The Labute approximate surface area is 117 Å². The van der Waals surface area contributed by atoms with E-state index in [0.29, 0.717) is 12.0 Å². The Balaban J connectivity index is 2.05. The molecule has 0 amide bonds. The van der Waals surface area contributed by atoms with Gasteiger partial charge in [0.1, 0.15) is 5.82 Å². The summed E-state index contributed by atoms with van der Waals surface area (Å²) in [7, 11) is 0. The van der Waals surface area contributed by atoms with E-state index in [1.807, 2.05) is 19.3 Å². The summed E-state index contributed by atoms with van der Waals surface area (Å²) in [5.41, 5.74) is 1.13. The summed E-state index contributed by atoms with van der Waals surface area (Å²) in [5, 5.41) is 3.60. The highest BCUT2D eigenvalue weighted by Crippen LogP contribution is 2.36. The van der Waals surface area contributed by atoms with Gasteiger partial charge in [-0.25, -0.2) is 9.97 Å². The second-order valence-electron chi connectivity index (χ2n) is 5.84. The molecular weight excluding hydrogens is 234 g/mol. The standard InChI is InChI=1S/C16H27N3/c1-4-13-6-8-14(9-7-13)15(17-5-2)16-18-10-12(3)11-19-16/h10-11,13-15,17H,4-9H2,1-3H3. The van der Waals surface area contributed by atoms with Crippen LogP contribution in [0.4, 0.5) is 0 Å². The molecule has 0 saturated heterocycles. The second-order valence-corrected chi connectivity index (χ2v) is 5.84. The van der Waals surface area contributed by atoms with Gasteiger partial charge in [-0.15, -0.1) is 0 Å². The number of hydrogen-bond donors (Lipinski definition) is 1. The van der Waals surface area contributed by atoms with Gasteiger partial charge in [-0.3, -0.25) is 0 Å². The van der Waals surface area contributed by atoms with E-state index < -0.39 is 0 Å². The maximum absolute atomic E-state index is 4.54. The molecule has 0 aromatic carbocycles. The summed E-state index contributed by atoms with van der Waals surface area (Å²) >= 11 is 0. The smallest absolute Gasteiger partial charge is 0.145 e. The maximum Gasteiger partial charge on any atom is 0.145 e. The lowest BCUT2D eigenvalue weighted by atomic mass is 9.77. The van der Waals surface area contributed by atoms with Crippen LogP contribution in [0, 0.1) is 18.8 Å². The molecule has 1 N–H and O–H groups in total. The van der Waals surface area contributed by atoms with Crippen molar-refractivity contribution in [3.63, 3.8) is 0 Å². The Bertz CT molecular complexity index is 366. The molecular formula is C16H27N3. The molecule has 0 aliphatic heterocycles. The van der Waals surface area contributed by atoms with Crippen LogP contribution in [0.15, 0.2) is 12.4 Å². The van der Waals surface area contributed by atoms with E-state index in [2.05, 4.69) is 29.1 Å². The van der Waals surface area contributed by atoms with E-state index in [0.717, 1.165) is 23.9 Å². The third-order valence-corrected chi connectivity index (χ3v) is 4.44. The first-order valence-electron chi connectivity index (χ1n) is 7.76. The lowest BCUT2D eigenvalue weighted by Gasteiger charge is -2.33. The number of nitrogens with one attached hydrogen (secondary N) is 1. The van der Waals surface area contributed by atoms with Crippen LogP contribution in [0.5, 0.6) is 0 Å². The average molecular weight is 261 g/mol. The van der Waals surface area contributed by atoms with Crippen LogP contribution < -0.4 is 5.32 Å². The third kappa shape index (κ3) is 3.75. The molecule has 1 aliphatic carbocycles. The van der Waals surface area contributed by atoms with Gasteiger partial charge in [0.2, 0.25) is 0 Å². The van der Waals surface area contributed by atoms with Gasteiger partial charge >= 0.3 is 0 Å². The van der Waals surface area contributed by atoms with Crippen molar-refractivity contribution in [1.82, 2.24) is 15.3 Å². The molecule has 0 bridgehead atoms. The molecule has 1 saturated carbocycles. The van der Waals surface area contributed by atoms with E-state index in [1.165, 1.54) is 32.1 Å². The molecule has 1 aromatic rings. The van der Waals surface area contributed by atoms with E-state index in [9.17, 15) is 0 Å². The van der Waals surface area contributed by atoms with E-state index in [4.69, 9.17) is 0 Å². The maximum atomic E-state index is 4.54. The zero-order valence-electron chi connectivity index (χ0n) is 12.5.